The van der Waals surface area contributed by atoms with Crippen LogP contribution in [0.2, 0.25) is 5.02 Å². The Kier molecular flexibility index (Phi) is 3.38. The largest absolute Gasteiger partial charge is 0.465 e. The van der Waals surface area contributed by atoms with Gasteiger partial charge in [-0.05, 0) is 34.7 Å². The maximum Gasteiger partial charge on any atom is 0.339 e. The van der Waals surface area contributed by atoms with E-state index in [2.05, 4.69) is 4.74 Å². The summed E-state index contributed by atoms with van der Waals surface area (Å²) in [4.78, 5) is 11.2. The summed E-state index contributed by atoms with van der Waals surface area (Å²) >= 11 is 7.75. The third-order valence-electron chi connectivity index (χ3n) is 1.49. The monoisotopic (exact) mass is 311 g/mol. The highest BCUT2D eigenvalue weighted by molar-refractivity contribution is 14.1. The number of ether oxygens (including phenoxy) is 1. The summed E-state index contributed by atoms with van der Waals surface area (Å²) in [5.41, 5.74) is 6.35. The number of methoxy groups -OCH3 is 1. The van der Waals surface area contributed by atoms with Gasteiger partial charge in [0.05, 0.1) is 23.4 Å². The average Bonchev–Trinajstić information content (AvgIpc) is 2.10. The molecule has 0 fully saturated rings. The van der Waals surface area contributed by atoms with Crippen LogP contribution in [0.15, 0.2) is 12.1 Å². The quantitative estimate of drug-likeness (QED) is 0.492. The Balaban J connectivity index is 3.23. The molecule has 5 heteroatoms. The molecule has 1 aromatic rings. The summed E-state index contributed by atoms with van der Waals surface area (Å²) in [6.07, 6.45) is 0. The van der Waals surface area contributed by atoms with Crippen LogP contribution in [0.4, 0.5) is 5.69 Å². The van der Waals surface area contributed by atoms with Gasteiger partial charge in [-0.2, -0.15) is 0 Å². The van der Waals surface area contributed by atoms with Crippen molar-refractivity contribution >= 4 is 45.8 Å². The minimum atomic E-state index is -0.409. The van der Waals surface area contributed by atoms with E-state index in [4.69, 9.17) is 17.3 Å². The highest BCUT2D eigenvalue weighted by Gasteiger charge is 2.12. The summed E-state index contributed by atoms with van der Waals surface area (Å²) in [6.45, 7) is 0. The second kappa shape index (κ2) is 4.15. The molecule has 0 radical (unpaired) electrons. The molecule has 0 atom stereocenters. The zero-order chi connectivity index (χ0) is 10.0. The minimum Gasteiger partial charge on any atom is -0.465 e. The second-order valence-electron chi connectivity index (χ2n) is 2.35. The summed E-state index contributed by atoms with van der Waals surface area (Å²) in [6, 6.07) is 3.14. The zero-order valence-corrected chi connectivity index (χ0v) is 9.72. The smallest absolute Gasteiger partial charge is 0.339 e. The molecule has 0 spiro atoms. The predicted molar refractivity (Wildman–Crippen MR) is 59.9 cm³/mol. The number of nitrogen functional groups attached to an aromatic ring is 1. The lowest BCUT2D eigenvalue weighted by Crippen LogP contribution is -2.05. The van der Waals surface area contributed by atoms with Crippen molar-refractivity contribution in [3.05, 3.63) is 26.3 Å². The van der Waals surface area contributed by atoms with Crippen LogP contribution in [0.25, 0.3) is 0 Å². The first kappa shape index (κ1) is 10.6. The number of hydrogen-bond acceptors (Lipinski definition) is 3. The van der Waals surface area contributed by atoms with Gasteiger partial charge >= 0.3 is 5.97 Å². The number of anilines is 1. The van der Waals surface area contributed by atoms with Crippen LogP contribution in [0.5, 0.6) is 0 Å². The third kappa shape index (κ3) is 2.25. The van der Waals surface area contributed by atoms with Crippen LogP contribution in [0, 0.1) is 3.57 Å². The van der Waals surface area contributed by atoms with Gasteiger partial charge in [0.2, 0.25) is 0 Å². The number of benzene rings is 1. The highest BCUT2D eigenvalue weighted by Crippen LogP contribution is 2.25. The molecule has 1 aromatic carbocycles. The molecular formula is C8H7ClINO2. The number of rotatable bonds is 1. The number of nitrogens with two attached hydrogens (primary N) is 1. The van der Waals surface area contributed by atoms with Crippen LogP contribution in [0.3, 0.4) is 0 Å². The third-order valence-corrected chi connectivity index (χ3v) is 2.71. The fourth-order valence-corrected chi connectivity index (χ4v) is 1.87. The van der Waals surface area contributed by atoms with E-state index in [0.29, 0.717) is 16.3 Å². The molecule has 0 heterocycles. The first-order chi connectivity index (χ1) is 6.06. The fourth-order valence-electron chi connectivity index (χ4n) is 0.832. The lowest BCUT2D eigenvalue weighted by atomic mass is 10.2. The van der Waals surface area contributed by atoms with E-state index < -0.39 is 5.97 Å². The first-order valence-corrected chi connectivity index (χ1v) is 4.84. The van der Waals surface area contributed by atoms with Gasteiger partial charge in [0.1, 0.15) is 0 Å². The van der Waals surface area contributed by atoms with E-state index in [1.807, 2.05) is 22.6 Å². The molecule has 0 amide bonds. The Hall–Kier alpha value is -0.490. The van der Waals surface area contributed by atoms with Crippen molar-refractivity contribution in [3.63, 3.8) is 0 Å². The molecule has 70 valence electrons. The molecule has 0 aliphatic heterocycles. The summed E-state index contributed by atoms with van der Waals surface area (Å²) in [7, 11) is 1.32. The van der Waals surface area contributed by atoms with E-state index in [9.17, 15) is 4.79 Å². The Morgan fingerprint density at radius 3 is 2.77 bits per heavy atom. The Bertz CT molecular complexity index is 354. The van der Waals surface area contributed by atoms with Gasteiger partial charge in [0, 0.05) is 3.57 Å². The van der Waals surface area contributed by atoms with Crippen molar-refractivity contribution in [2.45, 2.75) is 0 Å². The van der Waals surface area contributed by atoms with Crippen molar-refractivity contribution in [3.8, 4) is 0 Å². The van der Waals surface area contributed by atoms with Gasteiger partial charge in [0.25, 0.3) is 0 Å². The van der Waals surface area contributed by atoms with Crippen molar-refractivity contribution < 1.29 is 9.53 Å². The lowest BCUT2D eigenvalue weighted by Gasteiger charge is -2.04. The van der Waals surface area contributed by atoms with Crippen LogP contribution in [-0.4, -0.2) is 13.1 Å². The van der Waals surface area contributed by atoms with Crippen molar-refractivity contribution in [1.82, 2.24) is 0 Å². The van der Waals surface area contributed by atoms with E-state index in [0.717, 1.165) is 3.57 Å². The normalized spacial score (nSPS) is 9.77. The molecule has 3 nitrogen and oxygen atoms in total. The standard InChI is InChI=1S/C8H7ClINO2/c1-13-8(12)4-2-7(11)5(9)3-6(4)10/h2-3H,11H2,1H3. The second-order valence-corrected chi connectivity index (χ2v) is 3.91. The van der Waals surface area contributed by atoms with Gasteiger partial charge in [0.15, 0.2) is 0 Å². The molecule has 0 aliphatic rings. The van der Waals surface area contributed by atoms with Crippen molar-refractivity contribution in [1.29, 1.82) is 0 Å². The Labute approximate surface area is 94.3 Å². The molecular weight excluding hydrogens is 304 g/mol. The molecule has 0 aliphatic carbocycles. The molecule has 1 rings (SSSR count). The molecule has 2 N–H and O–H groups in total. The van der Waals surface area contributed by atoms with Crippen molar-refractivity contribution in [2.75, 3.05) is 12.8 Å². The first-order valence-electron chi connectivity index (χ1n) is 3.39. The van der Waals surface area contributed by atoms with E-state index >= 15 is 0 Å². The molecule has 0 unspecified atom stereocenters. The SMILES string of the molecule is COC(=O)c1cc(N)c(Cl)cc1I. The lowest BCUT2D eigenvalue weighted by molar-refractivity contribution is 0.0599. The minimum absolute atomic E-state index is 0.377. The predicted octanol–water partition coefficient (Wildman–Crippen LogP) is 2.31. The molecule has 0 bridgehead atoms. The maximum atomic E-state index is 11.2. The van der Waals surface area contributed by atoms with Crippen LogP contribution in [0.1, 0.15) is 10.4 Å². The number of carbonyl (C=O) groups excluding carboxylic acids is 1. The highest BCUT2D eigenvalue weighted by atomic mass is 127. The van der Waals surface area contributed by atoms with Gasteiger partial charge in [-0.25, -0.2) is 4.79 Å². The fraction of sp³-hybridized carbons (Fsp3) is 0.125. The van der Waals surface area contributed by atoms with Gasteiger partial charge < -0.3 is 10.5 Å². The molecule has 13 heavy (non-hydrogen) atoms. The Morgan fingerprint density at radius 1 is 1.62 bits per heavy atom. The topological polar surface area (TPSA) is 52.3 Å². The van der Waals surface area contributed by atoms with E-state index in [1.54, 1.807) is 6.07 Å². The van der Waals surface area contributed by atoms with Crippen LogP contribution in [-0.2, 0) is 4.74 Å². The van der Waals surface area contributed by atoms with Gasteiger partial charge in [-0.1, -0.05) is 11.6 Å². The molecule has 0 saturated carbocycles. The summed E-state index contributed by atoms with van der Waals surface area (Å²) < 4.78 is 5.30. The molecule has 0 aromatic heterocycles. The van der Waals surface area contributed by atoms with Crippen molar-refractivity contribution in [2.24, 2.45) is 0 Å². The summed E-state index contributed by atoms with van der Waals surface area (Å²) in [5, 5.41) is 0.442. The van der Waals surface area contributed by atoms with Gasteiger partial charge in [-0.15, -0.1) is 0 Å². The number of hydrogen-bond donors (Lipinski definition) is 1. The van der Waals surface area contributed by atoms with Crippen LogP contribution >= 0.6 is 34.2 Å². The maximum absolute atomic E-state index is 11.2. The van der Waals surface area contributed by atoms with E-state index in [-0.39, 0.29) is 0 Å². The molecule has 0 saturated heterocycles. The average molecular weight is 312 g/mol. The number of esters is 1. The Morgan fingerprint density at radius 2 is 2.23 bits per heavy atom. The summed E-state index contributed by atoms with van der Waals surface area (Å²) in [5.74, 6) is -0.409. The number of halogens is 2. The van der Waals surface area contributed by atoms with Gasteiger partial charge in [-0.3, -0.25) is 0 Å². The zero-order valence-electron chi connectivity index (χ0n) is 6.80. The number of carbonyl (C=O) groups is 1. The van der Waals surface area contributed by atoms with Crippen LogP contribution < -0.4 is 5.73 Å². The van der Waals surface area contributed by atoms with E-state index in [1.165, 1.54) is 13.2 Å².